The van der Waals surface area contributed by atoms with E-state index >= 15 is 0 Å². The van der Waals surface area contributed by atoms with Crippen LogP contribution < -0.4 is 9.47 Å². The quantitative estimate of drug-likeness (QED) is 0.208. The molecule has 6 rings (SSSR count). The zero-order valence-corrected chi connectivity index (χ0v) is 32.5. The Morgan fingerprint density at radius 2 is 0.760 bits per heavy atom. The molecule has 0 unspecified atom stereocenters. The van der Waals surface area contributed by atoms with Crippen molar-refractivity contribution in [3.05, 3.63) is 58.7 Å². The predicted octanol–water partition coefficient (Wildman–Crippen LogP) is 13.0. The van der Waals surface area contributed by atoms with Gasteiger partial charge < -0.3 is 9.47 Å². The summed E-state index contributed by atoms with van der Waals surface area (Å²) in [4.78, 5) is 0. The Labute approximate surface area is 307 Å². The van der Waals surface area contributed by atoms with Crippen LogP contribution in [0.1, 0.15) is 166 Å². The summed E-state index contributed by atoms with van der Waals surface area (Å²) in [7, 11) is 0. The maximum Gasteiger partial charge on any atom is 0.134 e. The van der Waals surface area contributed by atoms with E-state index in [1.54, 1.807) is 0 Å². The molecule has 4 fully saturated rings. The van der Waals surface area contributed by atoms with Gasteiger partial charge in [0.2, 0.25) is 0 Å². The van der Waals surface area contributed by atoms with Gasteiger partial charge in [-0.2, -0.15) is 0 Å². The van der Waals surface area contributed by atoms with Crippen LogP contribution in [0.15, 0.2) is 36.4 Å². The molecule has 0 heterocycles. The lowest BCUT2D eigenvalue weighted by molar-refractivity contribution is 0.187. The van der Waals surface area contributed by atoms with Crippen LogP contribution in [0.4, 0.5) is 0 Å². The summed E-state index contributed by atoms with van der Waals surface area (Å²) in [6.07, 6.45) is 26.5. The van der Waals surface area contributed by atoms with Crippen LogP contribution in [-0.2, 0) is 12.8 Å². The Kier molecular flexibility index (Phi) is 14.1. The van der Waals surface area contributed by atoms with Gasteiger partial charge >= 0.3 is 0 Å². The van der Waals surface area contributed by atoms with Crippen LogP contribution >= 0.6 is 0 Å². The van der Waals surface area contributed by atoms with Crippen LogP contribution in [0.2, 0.25) is 0 Å². The van der Waals surface area contributed by atoms with E-state index in [1.165, 1.54) is 127 Å². The zero-order chi connectivity index (χ0) is 34.7. The summed E-state index contributed by atoms with van der Waals surface area (Å²) >= 11 is 0. The number of benzene rings is 2. The van der Waals surface area contributed by atoms with Crippen molar-refractivity contribution in [2.24, 2.45) is 47.3 Å². The highest BCUT2D eigenvalue weighted by Gasteiger charge is 2.22. The minimum absolute atomic E-state index is 0.659. The normalized spacial score (nSPS) is 30.2. The van der Waals surface area contributed by atoms with Crippen molar-refractivity contribution >= 4 is 0 Å². The van der Waals surface area contributed by atoms with Gasteiger partial charge in [-0.3, -0.25) is 0 Å². The minimum Gasteiger partial charge on any atom is -0.492 e. The number of hydrogen-bond donors (Lipinski definition) is 0. The fourth-order valence-electron chi connectivity index (χ4n) is 9.43. The van der Waals surface area contributed by atoms with E-state index in [1.807, 2.05) is 0 Å². The molecule has 274 valence electrons. The monoisotopic (exact) mass is 679 g/mol. The first-order valence-corrected chi connectivity index (χ1v) is 21.4. The molecule has 2 nitrogen and oxygen atoms in total. The summed E-state index contributed by atoms with van der Waals surface area (Å²) in [5.74, 6) is 15.9. The number of rotatable bonds is 12. The molecule has 0 aliphatic heterocycles. The molecule has 0 radical (unpaired) electrons. The molecule has 0 amide bonds. The standard InChI is InChI=1S/C48H70O2/c1-35-5-13-39(14-6-35)21-23-41-25-29-47(49-33-43-17-9-37(3)10-18-43)45(31-41)27-28-46-32-42(24-22-40-15-7-36(2)8-16-40)26-30-48(46)50-34-44-19-11-38(4)12-20-44/h25-26,29-32,35-40,43-44H,5-24,33-34H2,1-4H3. The molecule has 2 aromatic carbocycles. The van der Waals surface area contributed by atoms with Crippen molar-refractivity contribution in [3.8, 4) is 23.3 Å². The molecule has 0 spiro atoms. The molecule has 0 bridgehead atoms. The third kappa shape index (κ3) is 11.6. The lowest BCUT2D eigenvalue weighted by Crippen LogP contribution is -2.19. The van der Waals surface area contributed by atoms with E-state index in [4.69, 9.17) is 9.47 Å². The molecule has 0 atom stereocenters. The smallest absolute Gasteiger partial charge is 0.134 e. The molecule has 2 heteroatoms. The van der Waals surface area contributed by atoms with Gasteiger partial charge in [0.1, 0.15) is 11.5 Å². The fourth-order valence-corrected chi connectivity index (χ4v) is 9.43. The van der Waals surface area contributed by atoms with Gasteiger partial charge in [0.05, 0.1) is 24.3 Å². The zero-order valence-electron chi connectivity index (χ0n) is 32.5. The summed E-state index contributed by atoms with van der Waals surface area (Å²) in [6.45, 7) is 11.3. The molecule has 2 aromatic rings. The number of hydrogen-bond acceptors (Lipinski definition) is 2. The second kappa shape index (κ2) is 18.9. The lowest BCUT2D eigenvalue weighted by atomic mass is 9.80. The maximum absolute atomic E-state index is 6.63. The average Bonchev–Trinajstić information content (AvgIpc) is 3.14. The van der Waals surface area contributed by atoms with Gasteiger partial charge in [-0.25, -0.2) is 0 Å². The highest BCUT2D eigenvalue weighted by Crippen LogP contribution is 2.35. The van der Waals surface area contributed by atoms with Gasteiger partial charge in [-0.05, 0) is 134 Å². The first-order chi connectivity index (χ1) is 24.4. The van der Waals surface area contributed by atoms with Crippen molar-refractivity contribution in [3.63, 3.8) is 0 Å². The Hall–Kier alpha value is -2.40. The molecule has 4 aliphatic carbocycles. The van der Waals surface area contributed by atoms with E-state index in [0.717, 1.165) is 84.2 Å². The van der Waals surface area contributed by atoms with Gasteiger partial charge in [0, 0.05) is 0 Å². The number of ether oxygens (including phenoxy) is 2. The largest absolute Gasteiger partial charge is 0.492 e. The Morgan fingerprint density at radius 3 is 1.10 bits per heavy atom. The summed E-state index contributed by atoms with van der Waals surface area (Å²) < 4.78 is 13.3. The summed E-state index contributed by atoms with van der Waals surface area (Å²) in [5.41, 5.74) is 4.92. The van der Waals surface area contributed by atoms with E-state index in [0.29, 0.717) is 11.8 Å². The minimum atomic E-state index is 0.659. The van der Waals surface area contributed by atoms with E-state index in [9.17, 15) is 0 Å². The van der Waals surface area contributed by atoms with Gasteiger partial charge in [0.25, 0.3) is 0 Å². The van der Waals surface area contributed by atoms with E-state index < -0.39 is 0 Å². The molecule has 0 saturated heterocycles. The third-order valence-electron chi connectivity index (χ3n) is 13.6. The van der Waals surface area contributed by atoms with Gasteiger partial charge in [-0.1, -0.05) is 129 Å². The first-order valence-electron chi connectivity index (χ1n) is 21.4. The molecular formula is C48H70O2. The summed E-state index contributed by atoms with van der Waals surface area (Å²) in [6, 6.07) is 13.8. The van der Waals surface area contributed by atoms with Gasteiger partial charge in [0.15, 0.2) is 0 Å². The first kappa shape index (κ1) is 37.4. The van der Waals surface area contributed by atoms with Crippen LogP contribution in [0.5, 0.6) is 11.5 Å². The molecule has 50 heavy (non-hydrogen) atoms. The molecule has 0 aromatic heterocycles. The second-order valence-electron chi connectivity index (χ2n) is 18.1. The predicted molar refractivity (Wildman–Crippen MR) is 211 cm³/mol. The average molecular weight is 679 g/mol. The highest BCUT2D eigenvalue weighted by molar-refractivity contribution is 5.55. The van der Waals surface area contributed by atoms with Crippen LogP contribution in [0, 0.1) is 59.2 Å². The topological polar surface area (TPSA) is 18.5 Å². The molecular weight excluding hydrogens is 609 g/mol. The van der Waals surface area contributed by atoms with Gasteiger partial charge in [-0.15, -0.1) is 0 Å². The van der Waals surface area contributed by atoms with Crippen molar-refractivity contribution in [2.75, 3.05) is 13.2 Å². The Balaban J connectivity index is 1.20. The highest BCUT2D eigenvalue weighted by atomic mass is 16.5. The maximum atomic E-state index is 6.63. The summed E-state index contributed by atoms with van der Waals surface area (Å²) in [5, 5.41) is 0. The fraction of sp³-hybridized carbons (Fsp3) is 0.708. The van der Waals surface area contributed by atoms with Crippen molar-refractivity contribution in [1.82, 2.24) is 0 Å². The second-order valence-corrected chi connectivity index (χ2v) is 18.1. The number of aryl methyl sites for hydroxylation is 2. The van der Waals surface area contributed by atoms with E-state index in [2.05, 4.69) is 75.9 Å². The van der Waals surface area contributed by atoms with Crippen molar-refractivity contribution < 1.29 is 9.47 Å². The van der Waals surface area contributed by atoms with Crippen molar-refractivity contribution in [1.29, 1.82) is 0 Å². The van der Waals surface area contributed by atoms with Crippen LogP contribution in [0.3, 0.4) is 0 Å². The van der Waals surface area contributed by atoms with Crippen molar-refractivity contribution in [2.45, 2.75) is 156 Å². The molecule has 4 aliphatic rings. The SMILES string of the molecule is CC1CCC(CCc2ccc(OCC3CCC(C)CC3)c(C#Cc3cc(CCC4CCC(C)CC4)ccc3OCC3CCC(C)CC3)c2)CC1. The molecule has 0 N–H and O–H groups in total. The van der Waals surface area contributed by atoms with Crippen LogP contribution in [-0.4, -0.2) is 13.2 Å². The van der Waals surface area contributed by atoms with Crippen LogP contribution in [0.25, 0.3) is 0 Å². The molecule has 4 saturated carbocycles. The Bertz CT molecular complexity index is 1260. The Morgan fingerprint density at radius 1 is 0.440 bits per heavy atom. The lowest BCUT2D eigenvalue weighted by Gasteiger charge is -2.26. The van der Waals surface area contributed by atoms with E-state index in [-0.39, 0.29) is 0 Å². The third-order valence-corrected chi connectivity index (χ3v) is 13.6.